The molecule has 0 spiro atoms. The Morgan fingerprint density at radius 3 is 2.31 bits per heavy atom. The van der Waals surface area contributed by atoms with Crippen LogP contribution in [0.25, 0.3) is 0 Å². The van der Waals surface area contributed by atoms with E-state index in [2.05, 4.69) is 26.0 Å². The summed E-state index contributed by atoms with van der Waals surface area (Å²) in [7, 11) is 0. The quantitative estimate of drug-likeness (QED) is 0.409. The summed E-state index contributed by atoms with van der Waals surface area (Å²) in [6.07, 6.45) is 8.49. The zero-order valence-electron chi connectivity index (χ0n) is 23.1. The maximum atomic E-state index is 11.5. The molecule has 35 heavy (non-hydrogen) atoms. The number of ether oxygens (including phenoxy) is 2. The minimum atomic E-state index is -0.935. The lowest BCUT2D eigenvalue weighted by Crippen LogP contribution is -2.32. The van der Waals surface area contributed by atoms with Crippen molar-refractivity contribution >= 4 is 5.97 Å². The van der Waals surface area contributed by atoms with E-state index in [4.69, 9.17) is 9.47 Å². The molecule has 196 valence electrons. The molecule has 1 aliphatic rings. The number of aliphatic carboxylic acids is 1. The predicted molar refractivity (Wildman–Crippen MR) is 144 cm³/mol. The van der Waals surface area contributed by atoms with Gasteiger partial charge < -0.3 is 19.7 Å². The minimum absolute atomic E-state index is 0.242. The molecule has 1 aliphatic heterocycles. The van der Waals surface area contributed by atoms with E-state index < -0.39 is 12.1 Å². The normalized spacial score (nSPS) is 21.3. The van der Waals surface area contributed by atoms with Crippen LogP contribution in [0.4, 0.5) is 0 Å². The molecule has 2 atom stereocenters. The Labute approximate surface area is 212 Å². The predicted octanol–water partition coefficient (Wildman–Crippen LogP) is 7.12. The summed E-state index contributed by atoms with van der Waals surface area (Å²) in [5, 5.41) is 19.7. The Morgan fingerprint density at radius 2 is 1.80 bits per heavy atom. The summed E-state index contributed by atoms with van der Waals surface area (Å²) in [6.45, 7) is 18.5. The van der Waals surface area contributed by atoms with Gasteiger partial charge >= 0.3 is 5.97 Å². The number of rotatable bonds is 8. The fourth-order valence-corrected chi connectivity index (χ4v) is 4.03. The van der Waals surface area contributed by atoms with Gasteiger partial charge in [-0.3, -0.25) is 0 Å². The first-order valence-electron chi connectivity index (χ1n) is 12.9. The molecule has 0 aliphatic carbocycles. The monoisotopic (exact) mass is 486 g/mol. The van der Waals surface area contributed by atoms with Crippen molar-refractivity contribution < 1.29 is 24.5 Å². The number of allylic oxidation sites excluding steroid dienone is 3. The zero-order valence-corrected chi connectivity index (χ0v) is 23.1. The van der Waals surface area contributed by atoms with Crippen LogP contribution in [0.5, 0.6) is 5.75 Å². The van der Waals surface area contributed by atoms with Crippen LogP contribution in [0.3, 0.4) is 0 Å². The molecule has 1 aromatic carbocycles. The van der Waals surface area contributed by atoms with Crippen LogP contribution < -0.4 is 4.74 Å². The largest absolute Gasteiger partial charge is 0.491 e. The van der Waals surface area contributed by atoms with Crippen LogP contribution >= 0.6 is 0 Å². The third-order valence-electron chi connectivity index (χ3n) is 6.55. The maximum absolute atomic E-state index is 11.5. The van der Waals surface area contributed by atoms with Gasteiger partial charge in [-0.15, -0.1) is 0 Å². The highest BCUT2D eigenvalue weighted by atomic mass is 16.5. The SMILES string of the molecule is CC.CCC(CC)(/C1=C/C/C=C(C(=O)O)\C=C/C(C)O1)c1ccc(OCC(O)C(C)(C)C)c(C)c1. The summed E-state index contributed by atoms with van der Waals surface area (Å²) in [5.41, 5.74) is 1.84. The molecule has 5 heteroatoms. The van der Waals surface area contributed by atoms with Gasteiger partial charge in [0.15, 0.2) is 0 Å². The standard InChI is InChI=1S/C28H40O5.C2H6/c1-8-28(9-2,25-12-10-11-21(26(30)31)14-13-20(4)33-25)22-15-16-23(19(3)17-22)32-18-24(29)27(5,6)7;1-2/h11-17,20,24,29H,8-10,18H2,1-7H3,(H,30,31);1-2H3/b14-13-,21-11+,25-12-;. The van der Waals surface area contributed by atoms with Gasteiger partial charge in [-0.05, 0) is 73.9 Å². The number of carboxylic acids is 1. The lowest BCUT2D eigenvalue weighted by atomic mass is 9.73. The molecule has 0 bridgehead atoms. The summed E-state index contributed by atoms with van der Waals surface area (Å²) >= 11 is 0. The van der Waals surface area contributed by atoms with Gasteiger partial charge in [0.05, 0.1) is 17.1 Å². The first-order valence-corrected chi connectivity index (χ1v) is 12.9. The number of aliphatic hydroxyl groups excluding tert-OH is 1. The Kier molecular flexibility index (Phi) is 11.8. The van der Waals surface area contributed by atoms with Crippen molar-refractivity contribution in [3.8, 4) is 5.75 Å². The van der Waals surface area contributed by atoms with E-state index in [9.17, 15) is 15.0 Å². The van der Waals surface area contributed by atoms with Crippen molar-refractivity contribution in [3.05, 3.63) is 65.0 Å². The van der Waals surface area contributed by atoms with Crippen LogP contribution in [-0.2, 0) is 14.9 Å². The van der Waals surface area contributed by atoms with E-state index in [0.29, 0.717) is 6.42 Å². The van der Waals surface area contributed by atoms with Crippen LogP contribution in [-0.4, -0.2) is 35.0 Å². The smallest absolute Gasteiger partial charge is 0.335 e. The molecule has 0 fully saturated rings. The average molecular weight is 487 g/mol. The third-order valence-corrected chi connectivity index (χ3v) is 6.55. The number of carboxylic acid groups (broad SMARTS) is 1. The van der Waals surface area contributed by atoms with Crippen molar-refractivity contribution in [2.75, 3.05) is 6.61 Å². The summed E-state index contributed by atoms with van der Waals surface area (Å²) < 4.78 is 12.3. The van der Waals surface area contributed by atoms with Crippen LogP contribution in [0.2, 0.25) is 0 Å². The maximum Gasteiger partial charge on any atom is 0.335 e. The van der Waals surface area contributed by atoms with E-state index in [1.165, 1.54) is 0 Å². The molecule has 0 saturated carbocycles. The van der Waals surface area contributed by atoms with E-state index in [1.54, 1.807) is 18.2 Å². The molecule has 2 rings (SSSR count). The number of carbonyl (C=O) groups is 1. The fourth-order valence-electron chi connectivity index (χ4n) is 4.03. The van der Waals surface area contributed by atoms with Crippen molar-refractivity contribution in [2.45, 2.75) is 99.2 Å². The van der Waals surface area contributed by atoms with E-state index in [1.807, 2.05) is 60.6 Å². The van der Waals surface area contributed by atoms with Gasteiger partial charge in [-0.25, -0.2) is 4.79 Å². The second-order valence-corrected chi connectivity index (χ2v) is 9.91. The fraction of sp³-hybridized carbons (Fsp3) is 0.567. The lowest BCUT2D eigenvalue weighted by molar-refractivity contribution is -0.132. The first kappa shape index (κ1) is 30.5. The molecule has 0 amide bonds. The molecular formula is C30H46O5. The van der Waals surface area contributed by atoms with Crippen LogP contribution in [0.1, 0.15) is 85.8 Å². The van der Waals surface area contributed by atoms with E-state index in [0.717, 1.165) is 35.5 Å². The Bertz CT molecular complexity index is 913. The van der Waals surface area contributed by atoms with Crippen molar-refractivity contribution in [3.63, 3.8) is 0 Å². The number of hydrogen-bond donors (Lipinski definition) is 2. The van der Waals surface area contributed by atoms with Crippen molar-refractivity contribution in [1.29, 1.82) is 0 Å². The highest BCUT2D eigenvalue weighted by Crippen LogP contribution is 2.42. The van der Waals surface area contributed by atoms with Gasteiger partial charge in [-0.1, -0.05) is 66.7 Å². The Balaban J connectivity index is 0.00000298. The van der Waals surface area contributed by atoms with Gasteiger partial charge in [-0.2, -0.15) is 0 Å². The molecular weight excluding hydrogens is 440 g/mol. The lowest BCUT2D eigenvalue weighted by Gasteiger charge is -2.36. The molecule has 1 aromatic rings. The van der Waals surface area contributed by atoms with Crippen LogP contribution in [0.15, 0.2) is 53.8 Å². The summed E-state index contributed by atoms with van der Waals surface area (Å²) in [6, 6.07) is 6.19. The molecule has 1 heterocycles. The third kappa shape index (κ3) is 7.99. The van der Waals surface area contributed by atoms with Crippen molar-refractivity contribution in [1.82, 2.24) is 0 Å². The summed E-state index contributed by atoms with van der Waals surface area (Å²) in [5.74, 6) is 0.692. The minimum Gasteiger partial charge on any atom is -0.491 e. The summed E-state index contributed by atoms with van der Waals surface area (Å²) in [4.78, 5) is 11.5. The van der Waals surface area contributed by atoms with E-state index >= 15 is 0 Å². The second kappa shape index (κ2) is 13.5. The molecule has 2 N–H and O–H groups in total. The van der Waals surface area contributed by atoms with Gasteiger partial charge in [0.1, 0.15) is 24.2 Å². The topological polar surface area (TPSA) is 76.0 Å². The van der Waals surface area contributed by atoms with Gasteiger partial charge in [0.25, 0.3) is 0 Å². The molecule has 0 aromatic heterocycles. The van der Waals surface area contributed by atoms with Crippen molar-refractivity contribution in [2.24, 2.45) is 5.41 Å². The average Bonchev–Trinajstić information content (AvgIpc) is 2.91. The Hall–Kier alpha value is -2.53. The van der Waals surface area contributed by atoms with Crippen LogP contribution in [0, 0.1) is 12.3 Å². The number of aliphatic hydroxyl groups is 1. The number of benzene rings is 1. The highest BCUT2D eigenvalue weighted by Gasteiger charge is 2.35. The molecule has 2 unspecified atom stereocenters. The Morgan fingerprint density at radius 1 is 1.17 bits per heavy atom. The van der Waals surface area contributed by atoms with E-state index in [-0.39, 0.29) is 29.1 Å². The number of aryl methyl sites for hydroxylation is 1. The first-order chi connectivity index (χ1) is 16.4. The molecule has 0 radical (unpaired) electrons. The second-order valence-electron chi connectivity index (χ2n) is 9.91. The van der Waals surface area contributed by atoms with Gasteiger partial charge in [0, 0.05) is 0 Å². The number of hydrogen-bond acceptors (Lipinski definition) is 4. The molecule has 0 saturated heterocycles. The highest BCUT2D eigenvalue weighted by molar-refractivity contribution is 5.89. The molecule has 5 nitrogen and oxygen atoms in total. The zero-order chi connectivity index (χ0) is 26.8. The van der Waals surface area contributed by atoms with Gasteiger partial charge in [0.2, 0.25) is 0 Å².